The minimum Gasteiger partial charge on any atom is -0.465 e. The summed E-state index contributed by atoms with van der Waals surface area (Å²) in [5, 5.41) is 8.55. The number of carbonyl (C=O) groups excluding carboxylic acids is 2. The van der Waals surface area contributed by atoms with Crippen LogP contribution in [0.15, 0.2) is 36.5 Å². The Kier molecular flexibility index (Phi) is 4.42. The maximum Gasteiger partial charge on any atom is 0.348 e. The minimum atomic E-state index is -0.411. The smallest absolute Gasteiger partial charge is 0.348 e. The van der Waals surface area contributed by atoms with Crippen LogP contribution >= 0.6 is 11.3 Å². The van der Waals surface area contributed by atoms with E-state index in [1.807, 2.05) is 33.7 Å². The van der Waals surface area contributed by atoms with Gasteiger partial charge in [-0.2, -0.15) is 0 Å². The topological polar surface area (TPSA) is 76.8 Å². The van der Waals surface area contributed by atoms with Gasteiger partial charge in [-0.15, -0.1) is 21.5 Å². The molecule has 4 heterocycles. The molecule has 0 aliphatic carbocycles. The maximum absolute atomic E-state index is 12.7. The fraction of sp³-hybridized carbons (Fsp3) is 0.333. The molecular formula is C18H18N4O3S. The molecule has 1 saturated heterocycles. The van der Waals surface area contributed by atoms with E-state index in [1.54, 1.807) is 12.1 Å². The molecule has 1 fully saturated rings. The van der Waals surface area contributed by atoms with Gasteiger partial charge in [-0.05, 0) is 37.1 Å². The second-order valence-corrected chi connectivity index (χ2v) is 7.29. The number of ether oxygens (including phenoxy) is 1. The minimum absolute atomic E-state index is 0.0327. The average Bonchev–Trinajstić information content (AvgIpc) is 3.34. The van der Waals surface area contributed by atoms with Crippen LogP contribution in [0.25, 0.3) is 5.65 Å². The van der Waals surface area contributed by atoms with Gasteiger partial charge in [0.25, 0.3) is 5.91 Å². The van der Waals surface area contributed by atoms with Gasteiger partial charge < -0.3 is 9.64 Å². The van der Waals surface area contributed by atoms with Crippen LogP contribution in [-0.2, 0) is 4.74 Å². The van der Waals surface area contributed by atoms with Gasteiger partial charge in [0.15, 0.2) is 5.65 Å². The van der Waals surface area contributed by atoms with Crippen molar-refractivity contribution < 1.29 is 14.3 Å². The van der Waals surface area contributed by atoms with Gasteiger partial charge in [0.1, 0.15) is 10.7 Å². The number of fused-ring (bicyclic) bond motifs is 1. The highest BCUT2D eigenvalue weighted by Gasteiger charge is 2.28. The molecule has 8 heteroatoms. The van der Waals surface area contributed by atoms with Gasteiger partial charge in [0.05, 0.1) is 12.0 Å². The normalized spacial score (nSPS) is 15.3. The Hall–Kier alpha value is -2.74. The fourth-order valence-electron chi connectivity index (χ4n) is 3.30. The molecule has 4 rings (SSSR count). The molecule has 0 saturated carbocycles. The van der Waals surface area contributed by atoms with Crippen molar-refractivity contribution in [2.45, 2.75) is 18.8 Å². The first-order chi connectivity index (χ1) is 12.7. The highest BCUT2D eigenvalue weighted by Crippen LogP contribution is 2.29. The molecule has 1 aliphatic rings. The zero-order valence-electron chi connectivity index (χ0n) is 14.3. The largest absolute Gasteiger partial charge is 0.465 e. The fourth-order valence-corrected chi connectivity index (χ4v) is 4.19. The van der Waals surface area contributed by atoms with Gasteiger partial charge in [-0.25, -0.2) is 4.79 Å². The van der Waals surface area contributed by atoms with Crippen molar-refractivity contribution in [1.29, 1.82) is 0 Å². The number of thiophene rings is 1. The van der Waals surface area contributed by atoms with E-state index in [1.165, 1.54) is 18.4 Å². The van der Waals surface area contributed by atoms with Crippen molar-refractivity contribution >= 4 is 28.9 Å². The Morgan fingerprint density at radius 3 is 2.65 bits per heavy atom. The number of hydrogen-bond acceptors (Lipinski definition) is 6. The summed E-state index contributed by atoms with van der Waals surface area (Å²) in [6.07, 6.45) is 3.66. The van der Waals surface area contributed by atoms with Gasteiger partial charge in [0.2, 0.25) is 0 Å². The summed E-state index contributed by atoms with van der Waals surface area (Å²) in [5.41, 5.74) is 0.843. The van der Waals surface area contributed by atoms with E-state index >= 15 is 0 Å². The standard InChI is InChI=1S/C18H18N4O3S/c1-25-18(24)14-6-5-13(26-14)17(23)21-10-7-12(8-11-21)16-20-19-15-4-2-3-9-22(15)16/h2-6,9,12H,7-8,10-11H2,1H3. The Bertz CT molecular complexity index is 956. The summed E-state index contributed by atoms with van der Waals surface area (Å²) in [6, 6.07) is 9.17. The molecule has 0 aromatic carbocycles. The molecule has 26 heavy (non-hydrogen) atoms. The van der Waals surface area contributed by atoms with Crippen molar-refractivity contribution in [2.24, 2.45) is 0 Å². The zero-order valence-corrected chi connectivity index (χ0v) is 15.1. The molecule has 3 aromatic rings. The number of esters is 1. The summed E-state index contributed by atoms with van der Waals surface area (Å²) in [5.74, 6) is 0.795. The molecule has 0 radical (unpaired) electrons. The van der Waals surface area contributed by atoms with Gasteiger partial charge in [-0.1, -0.05) is 6.07 Å². The highest BCUT2D eigenvalue weighted by molar-refractivity contribution is 7.15. The van der Waals surface area contributed by atoms with Crippen LogP contribution in [0.2, 0.25) is 0 Å². The summed E-state index contributed by atoms with van der Waals surface area (Å²) in [4.78, 5) is 27.1. The number of hydrogen-bond donors (Lipinski definition) is 0. The lowest BCUT2D eigenvalue weighted by Gasteiger charge is -2.31. The van der Waals surface area contributed by atoms with E-state index in [2.05, 4.69) is 10.2 Å². The molecule has 134 valence electrons. The number of likely N-dealkylation sites (tertiary alicyclic amines) is 1. The number of carbonyl (C=O) groups is 2. The van der Waals surface area contributed by atoms with Crippen LogP contribution in [0, 0.1) is 0 Å². The second-order valence-electron chi connectivity index (χ2n) is 6.21. The number of amides is 1. The van der Waals surface area contributed by atoms with Gasteiger partial charge >= 0.3 is 5.97 Å². The lowest BCUT2D eigenvalue weighted by atomic mass is 9.96. The monoisotopic (exact) mass is 370 g/mol. The summed E-state index contributed by atoms with van der Waals surface area (Å²) < 4.78 is 6.71. The Morgan fingerprint density at radius 2 is 1.88 bits per heavy atom. The SMILES string of the molecule is COC(=O)c1ccc(C(=O)N2CCC(c3nnc4ccccn34)CC2)s1. The number of pyridine rings is 1. The predicted octanol–water partition coefficient (Wildman–Crippen LogP) is 2.60. The molecule has 7 nitrogen and oxygen atoms in total. The third-order valence-corrected chi connectivity index (χ3v) is 5.74. The van der Waals surface area contributed by atoms with E-state index in [-0.39, 0.29) is 11.8 Å². The van der Waals surface area contributed by atoms with E-state index in [4.69, 9.17) is 4.74 Å². The van der Waals surface area contributed by atoms with Crippen LogP contribution < -0.4 is 0 Å². The number of piperidine rings is 1. The lowest BCUT2D eigenvalue weighted by Crippen LogP contribution is -2.37. The number of aromatic nitrogens is 3. The number of rotatable bonds is 3. The lowest BCUT2D eigenvalue weighted by molar-refractivity contribution is 0.0606. The molecular weight excluding hydrogens is 352 g/mol. The second kappa shape index (κ2) is 6.87. The van der Waals surface area contributed by atoms with Crippen molar-refractivity contribution in [2.75, 3.05) is 20.2 Å². The maximum atomic E-state index is 12.7. The third kappa shape index (κ3) is 2.96. The van der Waals surface area contributed by atoms with Crippen molar-refractivity contribution in [3.05, 3.63) is 52.1 Å². The molecule has 1 aliphatic heterocycles. The first-order valence-electron chi connectivity index (χ1n) is 8.44. The van der Waals surface area contributed by atoms with Crippen molar-refractivity contribution in [3.63, 3.8) is 0 Å². The molecule has 0 unspecified atom stereocenters. The van der Waals surface area contributed by atoms with Crippen LogP contribution in [0.4, 0.5) is 0 Å². The Balaban J connectivity index is 1.44. The molecule has 0 N–H and O–H groups in total. The van der Waals surface area contributed by atoms with Crippen molar-refractivity contribution in [3.8, 4) is 0 Å². The number of methoxy groups -OCH3 is 1. The van der Waals surface area contributed by atoms with Gasteiger partial charge in [0, 0.05) is 25.2 Å². The summed E-state index contributed by atoms with van der Waals surface area (Å²) in [7, 11) is 1.34. The summed E-state index contributed by atoms with van der Waals surface area (Å²) >= 11 is 1.18. The van der Waals surface area contributed by atoms with Crippen LogP contribution in [0.1, 0.15) is 43.9 Å². The quantitative estimate of drug-likeness (QED) is 0.663. The Morgan fingerprint density at radius 1 is 1.12 bits per heavy atom. The zero-order chi connectivity index (χ0) is 18.1. The molecule has 1 amide bonds. The molecule has 3 aromatic heterocycles. The predicted molar refractivity (Wildman–Crippen MR) is 96.5 cm³/mol. The van der Waals surface area contributed by atoms with Gasteiger partial charge in [-0.3, -0.25) is 9.20 Å². The van der Waals surface area contributed by atoms with Crippen LogP contribution in [-0.4, -0.2) is 51.6 Å². The molecule has 0 bridgehead atoms. The summed E-state index contributed by atoms with van der Waals surface area (Å²) in [6.45, 7) is 1.33. The van der Waals surface area contributed by atoms with E-state index in [0.29, 0.717) is 22.8 Å². The average molecular weight is 370 g/mol. The van der Waals surface area contributed by atoms with E-state index in [9.17, 15) is 9.59 Å². The molecule has 0 spiro atoms. The molecule has 0 atom stereocenters. The van der Waals surface area contributed by atoms with Crippen molar-refractivity contribution in [1.82, 2.24) is 19.5 Å². The first kappa shape index (κ1) is 16.7. The number of nitrogens with zero attached hydrogens (tertiary/aromatic N) is 4. The van der Waals surface area contributed by atoms with Crippen LogP contribution in [0.3, 0.4) is 0 Å². The third-order valence-electron chi connectivity index (χ3n) is 4.69. The van der Waals surface area contributed by atoms with E-state index < -0.39 is 5.97 Å². The Labute approximate surface area is 154 Å². The van der Waals surface area contributed by atoms with E-state index in [0.717, 1.165) is 24.3 Å². The van der Waals surface area contributed by atoms with Crippen LogP contribution in [0.5, 0.6) is 0 Å². The first-order valence-corrected chi connectivity index (χ1v) is 9.26. The highest BCUT2D eigenvalue weighted by atomic mass is 32.1.